The fourth-order valence-corrected chi connectivity index (χ4v) is 4.21. The van der Waals surface area contributed by atoms with Crippen molar-refractivity contribution in [3.63, 3.8) is 0 Å². The smallest absolute Gasteiger partial charge is 0.00757 e. The first-order valence-electron chi connectivity index (χ1n) is 10.0. The Morgan fingerprint density at radius 2 is 0.897 bits per heavy atom. The number of benzene rings is 5. The monoisotopic (exact) mass is 370 g/mol. The van der Waals surface area contributed by atoms with Crippen LogP contribution in [0.1, 0.15) is 5.56 Å². The summed E-state index contributed by atoms with van der Waals surface area (Å²) in [7, 11) is 0. The van der Waals surface area contributed by atoms with Gasteiger partial charge in [-0.3, -0.25) is 0 Å². The summed E-state index contributed by atoms with van der Waals surface area (Å²) in [4.78, 5) is 0. The zero-order chi connectivity index (χ0) is 19.6. The Kier molecular flexibility index (Phi) is 4.46. The van der Waals surface area contributed by atoms with Crippen LogP contribution in [-0.4, -0.2) is 0 Å². The molecule has 29 heavy (non-hydrogen) atoms. The first kappa shape index (κ1) is 17.5. The van der Waals surface area contributed by atoms with Gasteiger partial charge in [-0.05, 0) is 56.6 Å². The zero-order valence-electron chi connectivity index (χ0n) is 16.5. The lowest BCUT2D eigenvalue weighted by molar-refractivity contribution is 1.48. The lowest BCUT2D eigenvalue weighted by Crippen LogP contribution is -1.90. The maximum Gasteiger partial charge on any atom is -0.00757 e. The van der Waals surface area contributed by atoms with Gasteiger partial charge in [-0.2, -0.15) is 0 Å². The van der Waals surface area contributed by atoms with Crippen LogP contribution in [-0.2, 0) is 0 Å². The first-order valence-corrected chi connectivity index (χ1v) is 10.0. The standard InChI is InChI=1S/C29H22/c1-21-20-28(24-12-6-3-7-13-24)26-14-8-9-15-27(26)29(21)25-18-16-23(17-19-25)22-10-4-2-5-11-22/h2-20H,1H3. The van der Waals surface area contributed by atoms with E-state index in [0.29, 0.717) is 0 Å². The number of fused-ring (bicyclic) bond motifs is 1. The van der Waals surface area contributed by atoms with Gasteiger partial charge in [-0.1, -0.05) is 115 Å². The molecule has 0 saturated heterocycles. The Hall–Kier alpha value is -3.64. The van der Waals surface area contributed by atoms with Gasteiger partial charge in [0, 0.05) is 0 Å². The second-order valence-corrected chi connectivity index (χ2v) is 7.47. The van der Waals surface area contributed by atoms with Crippen LogP contribution in [0.25, 0.3) is 44.2 Å². The highest BCUT2D eigenvalue weighted by atomic mass is 14.2. The summed E-state index contributed by atoms with van der Waals surface area (Å²) >= 11 is 0. The van der Waals surface area contributed by atoms with E-state index in [-0.39, 0.29) is 0 Å². The third-order valence-corrected chi connectivity index (χ3v) is 5.61. The van der Waals surface area contributed by atoms with Gasteiger partial charge in [0.05, 0.1) is 0 Å². The SMILES string of the molecule is Cc1cc(-c2ccccc2)c2ccccc2c1-c1ccc(-c2ccccc2)cc1. The molecule has 0 spiro atoms. The van der Waals surface area contributed by atoms with Gasteiger partial charge in [0.2, 0.25) is 0 Å². The van der Waals surface area contributed by atoms with Gasteiger partial charge < -0.3 is 0 Å². The molecule has 0 radical (unpaired) electrons. The minimum atomic E-state index is 1.25. The fourth-order valence-electron chi connectivity index (χ4n) is 4.21. The van der Waals surface area contributed by atoms with Crippen LogP contribution in [0.3, 0.4) is 0 Å². The Labute approximate surface area is 172 Å². The molecule has 0 aliphatic carbocycles. The van der Waals surface area contributed by atoms with Gasteiger partial charge in [-0.25, -0.2) is 0 Å². The fraction of sp³-hybridized carbons (Fsp3) is 0.0345. The van der Waals surface area contributed by atoms with E-state index in [1.807, 2.05) is 0 Å². The summed E-state index contributed by atoms with van der Waals surface area (Å²) in [5, 5.41) is 2.60. The third kappa shape index (κ3) is 3.23. The maximum atomic E-state index is 2.33. The molecule has 0 unspecified atom stereocenters. The molecule has 0 atom stereocenters. The number of hydrogen-bond donors (Lipinski definition) is 0. The van der Waals surface area contributed by atoms with E-state index in [4.69, 9.17) is 0 Å². The van der Waals surface area contributed by atoms with Crippen LogP contribution in [0, 0.1) is 6.92 Å². The highest BCUT2D eigenvalue weighted by Crippen LogP contribution is 2.38. The molecule has 0 nitrogen and oxygen atoms in total. The van der Waals surface area contributed by atoms with Gasteiger partial charge >= 0.3 is 0 Å². The van der Waals surface area contributed by atoms with Crippen LogP contribution in [0.15, 0.2) is 115 Å². The summed E-state index contributed by atoms with van der Waals surface area (Å²) < 4.78 is 0. The molecule has 0 saturated carbocycles. The van der Waals surface area contributed by atoms with Crippen molar-refractivity contribution in [1.29, 1.82) is 0 Å². The van der Waals surface area contributed by atoms with Gasteiger partial charge in [0.25, 0.3) is 0 Å². The molecule has 0 heteroatoms. The van der Waals surface area contributed by atoms with Crippen molar-refractivity contribution in [3.8, 4) is 33.4 Å². The predicted octanol–water partition coefficient (Wildman–Crippen LogP) is 8.15. The van der Waals surface area contributed by atoms with Crippen molar-refractivity contribution >= 4 is 10.8 Å². The zero-order valence-corrected chi connectivity index (χ0v) is 16.5. The lowest BCUT2D eigenvalue weighted by Gasteiger charge is -2.16. The van der Waals surface area contributed by atoms with E-state index >= 15 is 0 Å². The molecule has 0 aromatic heterocycles. The molecule has 5 rings (SSSR count). The molecule has 0 amide bonds. The second kappa shape index (κ2) is 7.41. The van der Waals surface area contributed by atoms with E-state index in [1.54, 1.807) is 0 Å². The van der Waals surface area contributed by atoms with Crippen molar-refractivity contribution in [2.45, 2.75) is 6.92 Å². The van der Waals surface area contributed by atoms with E-state index in [0.717, 1.165) is 0 Å². The summed E-state index contributed by atoms with van der Waals surface area (Å²) in [5.74, 6) is 0. The molecular formula is C29H22. The van der Waals surface area contributed by atoms with E-state index in [9.17, 15) is 0 Å². The van der Waals surface area contributed by atoms with Crippen LogP contribution in [0.2, 0.25) is 0 Å². The highest BCUT2D eigenvalue weighted by molar-refractivity contribution is 6.06. The first-order chi connectivity index (χ1) is 14.3. The van der Waals surface area contributed by atoms with Gasteiger partial charge in [-0.15, -0.1) is 0 Å². The average Bonchev–Trinajstić information content (AvgIpc) is 2.80. The minimum Gasteiger partial charge on any atom is -0.0622 e. The molecule has 5 aromatic carbocycles. The Morgan fingerprint density at radius 1 is 0.414 bits per heavy atom. The topological polar surface area (TPSA) is 0 Å². The van der Waals surface area contributed by atoms with Gasteiger partial charge in [0.1, 0.15) is 0 Å². The second-order valence-electron chi connectivity index (χ2n) is 7.47. The third-order valence-electron chi connectivity index (χ3n) is 5.61. The average molecular weight is 370 g/mol. The number of hydrogen-bond acceptors (Lipinski definition) is 0. The lowest BCUT2D eigenvalue weighted by atomic mass is 9.88. The van der Waals surface area contributed by atoms with Crippen molar-refractivity contribution < 1.29 is 0 Å². The van der Waals surface area contributed by atoms with Crippen LogP contribution >= 0.6 is 0 Å². The quantitative estimate of drug-likeness (QED) is 0.300. The molecule has 0 fully saturated rings. The van der Waals surface area contributed by atoms with Crippen molar-refractivity contribution in [3.05, 3.63) is 121 Å². The number of rotatable bonds is 3. The molecule has 0 heterocycles. The summed E-state index contributed by atoms with van der Waals surface area (Å²) in [6.45, 7) is 2.22. The summed E-state index contributed by atoms with van der Waals surface area (Å²) in [6.07, 6.45) is 0. The van der Waals surface area contributed by atoms with Gasteiger partial charge in [0.15, 0.2) is 0 Å². The summed E-state index contributed by atoms with van der Waals surface area (Å²) in [5.41, 5.74) is 8.94. The molecule has 0 bridgehead atoms. The van der Waals surface area contributed by atoms with E-state index in [2.05, 4.69) is 122 Å². The van der Waals surface area contributed by atoms with Crippen LogP contribution < -0.4 is 0 Å². The Balaban J connectivity index is 1.67. The molecule has 0 N–H and O–H groups in total. The molecule has 138 valence electrons. The Bertz CT molecular complexity index is 1260. The maximum absolute atomic E-state index is 2.33. The summed E-state index contributed by atoms with van der Waals surface area (Å²) in [6, 6.07) is 41.2. The van der Waals surface area contributed by atoms with Crippen LogP contribution in [0.4, 0.5) is 0 Å². The largest absolute Gasteiger partial charge is 0.0622 e. The van der Waals surface area contributed by atoms with Crippen molar-refractivity contribution in [2.75, 3.05) is 0 Å². The van der Waals surface area contributed by atoms with Crippen molar-refractivity contribution in [2.24, 2.45) is 0 Å². The molecular weight excluding hydrogens is 348 g/mol. The van der Waals surface area contributed by atoms with E-state index < -0.39 is 0 Å². The molecule has 5 aromatic rings. The Morgan fingerprint density at radius 3 is 1.55 bits per heavy atom. The highest BCUT2D eigenvalue weighted by Gasteiger charge is 2.12. The van der Waals surface area contributed by atoms with E-state index in [1.165, 1.54) is 49.7 Å². The predicted molar refractivity (Wildman–Crippen MR) is 125 cm³/mol. The molecule has 0 aliphatic heterocycles. The number of aryl methyl sites for hydroxylation is 1. The normalized spacial score (nSPS) is 10.9. The van der Waals surface area contributed by atoms with Crippen molar-refractivity contribution in [1.82, 2.24) is 0 Å². The van der Waals surface area contributed by atoms with Crippen LogP contribution in [0.5, 0.6) is 0 Å². The molecule has 0 aliphatic rings. The minimum absolute atomic E-state index is 1.25.